The van der Waals surface area contributed by atoms with E-state index in [1.165, 1.54) is 7.11 Å². The first-order chi connectivity index (χ1) is 15.5. The molecule has 170 valence electrons. The maximum absolute atomic E-state index is 13.0. The smallest absolute Gasteiger partial charge is 0.280 e. The third kappa shape index (κ3) is 4.82. The van der Waals surface area contributed by atoms with Crippen molar-refractivity contribution in [3.05, 3.63) is 46.6 Å². The molecule has 3 N–H and O–H groups in total. The second kappa shape index (κ2) is 9.77. The number of aromatic nitrogens is 4. The molecule has 1 saturated heterocycles. The van der Waals surface area contributed by atoms with E-state index in [0.717, 1.165) is 37.0 Å². The van der Waals surface area contributed by atoms with Gasteiger partial charge in [-0.25, -0.2) is 4.68 Å². The second-order valence-corrected chi connectivity index (χ2v) is 9.08. The molecule has 0 bridgehead atoms. The van der Waals surface area contributed by atoms with Gasteiger partial charge in [-0.1, -0.05) is 0 Å². The summed E-state index contributed by atoms with van der Waals surface area (Å²) in [4.78, 5) is 53.2. The van der Waals surface area contributed by atoms with Crippen LogP contribution in [0.4, 0.5) is 5.82 Å². The Labute approximate surface area is 185 Å². The van der Waals surface area contributed by atoms with Gasteiger partial charge in [0.05, 0.1) is 19.0 Å². The zero-order valence-corrected chi connectivity index (χ0v) is 18.7. The molecule has 1 aliphatic heterocycles. The average molecular weight is 459 g/mol. The summed E-state index contributed by atoms with van der Waals surface area (Å²) in [5.74, 6) is 1.13. The molecule has 0 aliphatic carbocycles. The number of rotatable bonds is 8. The molecule has 11 heteroatoms. The first-order valence-corrected chi connectivity index (χ1v) is 11.9. The fourth-order valence-electron chi connectivity index (χ4n) is 4.05. The van der Waals surface area contributed by atoms with Crippen LogP contribution in [0.15, 0.2) is 35.4 Å². The van der Waals surface area contributed by atoms with Gasteiger partial charge >= 0.3 is 0 Å². The minimum atomic E-state index is -1.83. The maximum atomic E-state index is 13.0. The van der Waals surface area contributed by atoms with Crippen LogP contribution in [-0.2, 0) is 6.54 Å². The number of nitrogens with one attached hydrogen (secondary N) is 1. The van der Waals surface area contributed by atoms with Crippen LogP contribution in [0, 0.1) is 5.92 Å². The number of methoxy groups -OCH3 is 1. The van der Waals surface area contributed by atoms with Crippen LogP contribution in [0.1, 0.15) is 29.8 Å². The lowest BCUT2D eigenvalue weighted by atomic mass is 9.94. The van der Waals surface area contributed by atoms with Gasteiger partial charge in [-0.2, -0.15) is 10.1 Å². The Morgan fingerprint density at radius 1 is 1.34 bits per heavy atom. The molecule has 3 aromatic rings. The fourth-order valence-corrected chi connectivity index (χ4v) is 4.65. The number of ketones is 1. The van der Waals surface area contributed by atoms with Gasteiger partial charge in [0, 0.05) is 30.8 Å². The Bertz CT molecular complexity index is 1140. The van der Waals surface area contributed by atoms with Crippen LogP contribution in [0.5, 0.6) is 5.88 Å². The highest BCUT2D eigenvalue weighted by molar-refractivity contribution is 7.45. The minimum absolute atomic E-state index is 0.183. The van der Waals surface area contributed by atoms with Gasteiger partial charge in [-0.15, -0.1) is 0 Å². The van der Waals surface area contributed by atoms with Gasteiger partial charge in [0.25, 0.3) is 5.56 Å². The van der Waals surface area contributed by atoms with Crippen LogP contribution < -0.4 is 15.2 Å². The Morgan fingerprint density at radius 2 is 2.12 bits per heavy atom. The lowest BCUT2D eigenvalue weighted by Gasteiger charge is -2.33. The fraction of sp³-hybridized carbons (Fsp3) is 0.429. The average Bonchev–Trinajstić information content (AvgIpc) is 3.34. The molecular formula is C21H26N5O5P. The molecule has 1 aliphatic rings. The summed E-state index contributed by atoms with van der Waals surface area (Å²) in [5, 5.41) is 5.09. The maximum Gasteiger partial charge on any atom is 0.280 e. The zero-order chi connectivity index (χ0) is 22.7. The molecule has 10 nitrogen and oxygen atoms in total. The zero-order valence-electron chi connectivity index (χ0n) is 17.8. The highest BCUT2D eigenvalue weighted by Gasteiger charge is 2.23. The van der Waals surface area contributed by atoms with E-state index in [1.54, 1.807) is 24.5 Å². The van der Waals surface area contributed by atoms with Crippen LogP contribution in [0.2, 0.25) is 0 Å². The highest BCUT2D eigenvalue weighted by atomic mass is 31.2. The molecule has 0 radical (unpaired) electrons. The number of carbonyl (C=O) groups excluding carboxylic acids is 1. The third-order valence-corrected chi connectivity index (χ3v) is 6.51. The van der Waals surface area contributed by atoms with Gasteiger partial charge in [-0.05, 0) is 43.4 Å². The quantitative estimate of drug-likeness (QED) is 0.344. The summed E-state index contributed by atoms with van der Waals surface area (Å²) in [6, 6.07) is 5.20. The summed E-state index contributed by atoms with van der Waals surface area (Å²) in [6.07, 6.45) is 6.34. The third-order valence-electron chi connectivity index (χ3n) is 5.85. The predicted molar refractivity (Wildman–Crippen MR) is 121 cm³/mol. The van der Waals surface area contributed by atoms with Crippen LogP contribution in [0.25, 0.3) is 10.8 Å². The first kappa shape index (κ1) is 22.4. The van der Waals surface area contributed by atoms with Gasteiger partial charge in [0.2, 0.25) is 11.7 Å². The van der Waals surface area contributed by atoms with Crippen molar-refractivity contribution >= 4 is 30.7 Å². The molecule has 0 amide bonds. The van der Waals surface area contributed by atoms with Gasteiger partial charge in [0.15, 0.2) is 8.38 Å². The monoisotopic (exact) mass is 459 g/mol. The van der Waals surface area contributed by atoms with Crippen molar-refractivity contribution in [2.45, 2.75) is 25.8 Å². The number of aromatic amines is 1. The van der Waals surface area contributed by atoms with Crippen LogP contribution >= 0.6 is 8.38 Å². The van der Waals surface area contributed by atoms with Crippen molar-refractivity contribution in [3.63, 3.8) is 0 Å². The number of Topliss-reactive ketones (excluding diaryl/α,β-unsaturated/α-hetero) is 1. The summed E-state index contributed by atoms with van der Waals surface area (Å²) >= 11 is 0. The summed E-state index contributed by atoms with van der Waals surface area (Å²) in [6.45, 7) is 1.39. The number of pyridine rings is 1. The molecule has 0 saturated carbocycles. The standard InChI is InChI=1S/C21H26N5O5P/c1-31-20-19-15(12-23-26(21(19)28)13-17(27)16-3-2-7-22-16)11-18(24-20)25-8-4-14(5-9-25)6-10-32(29)30/h2-3,7,11-12,14,22,29-30H,4-6,8-10,13H2,1H3. The van der Waals surface area contributed by atoms with E-state index in [9.17, 15) is 9.59 Å². The van der Waals surface area contributed by atoms with E-state index in [0.29, 0.717) is 34.4 Å². The van der Waals surface area contributed by atoms with E-state index in [-0.39, 0.29) is 18.2 Å². The van der Waals surface area contributed by atoms with Crippen molar-refractivity contribution in [3.8, 4) is 5.88 Å². The summed E-state index contributed by atoms with van der Waals surface area (Å²) in [7, 11) is -0.367. The van der Waals surface area contributed by atoms with E-state index < -0.39 is 13.9 Å². The van der Waals surface area contributed by atoms with Gasteiger partial charge < -0.3 is 24.4 Å². The van der Waals surface area contributed by atoms with Crippen LogP contribution in [0.3, 0.4) is 0 Å². The van der Waals surface area contributed by atoms with Gasteiger partial charge in [-0.3, -0.25) is 9.59 Å². The molecule has 1 fully saturated rings. The molecule has 4 heterocycles. The minimum Gasteiger partial charge on any atom is -0.480 e. The molecule has 0 aromatic carbocycles. The van der Waals surface area contributed by atoms with Crippen molar-refractivity contribution in [2.75, 3.05) is 31.3 Å². The van der Waals surface area contributed by atoms with Crippen molar-refractivity contribution < 1.29 is 19.3 Å². The van der Waals surface area contributed by atoms with E-state index >= 15 is 0 Å². The number of H-pyrrole nitrogens is 1. The largest absolute Gasteiger partial charge is 0.480 e. The second-order valence-electron chi connectivity index (χ2n) is 7.88. The lowest BCUT2D eigenvalue weighted by molar-refractivity contribution is 0.0961. The number of hydrogen-bond acceptors (Lipinski definition) is 8. The Balaban J connectivity index is 1.56. The number of nitrogens with zero attached hydrogens (tertiary/aromatic N) is 4. The van der Waals surface area contributed by atoms with E-state index in [4.69, 9.17) is 14.5 Å². The SMILES string of the molecule is COc1nc(N2CCC(CCP(O)O)CC2)cc2cnn(CC(=O)c3ccc[nH]3)c(=O)c12. The Morgan fingerprint density at radius 3 is 2.78 bits per heavy atom. The highest BCUT2D eigenvalue weighted by Crippen LogP contribution is 2.32. The van der Waals surface area contributed by atoms with Crippen molar-refractivity contribution in [1.82, 2.24) is 19.7 Å². The number of ether oxygens (including phenoxy) is 1. The molecule has 4 rings (SSSR count). The number of fused-ring (bicyclic) bond motifs is 1. The first-order valence-electron chi connectivity index (χ1n) is 10.5. The molecule has 0 spiro atoms. The molecule has 32 heavy (non-hydrogen) atoms. The van der Waals surface area contributed by atoms with Crippen molar-refractivity contribution in [1.29, 1.82) is 0 Å². The molecule has 0 unspecified atom stereocenters. The Hall–Kier alpha value is -2.81. The lowest BCUT2D eigenvalue weighted by Crippen LogP contribution is -2.34. The normalized spacial score (nSPS) is 14.9. The topological polar surface area (TPSA) is 134 Å². The molecular weight excluding hydrogens is 433 g/mol. The number of anilines is 1. The van der Waals surface area contributed by atoms with Gasteiger partial charge in [0.1, 0.15) is 17.7 Å². The van der Waals surface area contributed by atoms with Crippen LogP contribution in [-0.4, -0.2) is 61.7 Å². The Kier molecular flexibility index (Phi) is 6.83. The number of hydrogen-bond donors (Lipinski definition) is 3. The number of carbonyl (C=O) groups is 1. The summed E-state index contributed by atoms with van der Waals surface area (Å²) < 4.78 is 6.56. The number of piperidine rings is 1. The van der Waals surface area contributed by atoms with E-state index in [2.05, 4.69) is 20.0 Å². The molecule has 0 atom stereocenters. The van der Waals surface area contributed by atoms with E-state index in [1.807, 2.05) is 6.07 Å². The van der Waals surface area contributed by atoms with Crippen molar-refractivity contribution in [2.24, 2.45) is 5.92 Å². The molecule has 3 aromatic heterocycles. The summed E-state index contributed by atoms with van der Waals surface area (Å²) in [5.41, 5.74) is -0.0150. The predicted octanol–water partition coefficient (Wildman–Crippen LogP) is 1.91.